The highest BCUT2D eigenvalue weighted by atomic mass is 16.5. The Hall–Kier alpha value is -1.06. The molecule has 2 N–H and O–H groups in total. The Morgan fingerprint density at radius 1 is 1.26 bits per heavy atom. The summed E-state index contributed by atoms with van der Waals surface area (Å²) >= 11 is 0. The molecule has 1 aromatic rings. The zero-order chi connectivity index (χ0) is 14.1. The van der Waals surface area contributed by atoms with Gasteiger partial charge in [-0.1, -0.05) is 32.4 Å². The van der Waals surface area contributed by atoms with Crippen LogP contribution in [-0.2, 0) is 0 Å². The molecule has 0 aliphatic rings. The summed E-state index contributed by atoms with van der Waals surface area (Å²) in [5.41, 5.74) is 7.19. The molecule has 0 bridgehead atoms. The summed E-state index contributed by atoms with van der Waals surface area (Å²) < 4.78 is 5.69. The van der Waals surface area contributed by atoms with Crippen LogP contribution in [0.4, 0.5) is 0 Å². The van der Waals surface area contributed by atoms with Crippen molar-refractivity contribution < 1.29 is 4.74 Å². The van der Waals surface area contributed by atoms with Crippen molar-refractivity contribution in [1.29, 1.82) is 0 Å². The van der Waals surface area contributed by atoms with E-state index in [9.17, 15) is 0 Å². The highest BCUT2D eigenvalue weighted by molar-refractivity contribution is 5.30. The monoisotopic (exact) mass is 264 g/mol. The molecule has 0 radical (unpaired) electrons. The molecule has 1 unspecified atom stereocenters. The Labute approximate surface area is 117 Å². The number of rotatable bonds is 9. The first kappa shape index (κ1) is 16.0. The number of ether oxygens (including phenoxy) is 1. The number of hydrogen-bond acceptors (Lipinski definition) is 3. The van der Waals surface area contributed by atoms with Gasteiger partial charge in [-0.05, 0) is 44.1 Å². The van der Waals surface area contributed by atoms with E-state index in [0.29, 0.717) is 6.54 Å². The highest BCUT2D eigenvalue weighted by Gasteiger charge is 2.15. The SMILES string of the molecule is CCCCN(C)C(CN)c1cccc(OCCC)c1. The molecule has 19 heavy (non-hydrogen) atoms. The lowest BCUT2D eigenvalue weighted by Gasteiger charge is -2.27. The minimum atomic E-state index is 0.275. The summed E-state index contributed by atoms with van der Waals surface area (Å²) in [6.45, 7) is 6.81. The lowest BCUT2D eigenvalue weighted by atomic mass is 10.1. The van der Waals surface area contributed by atoms with Gasteiger partial charge in [-0.2, -0.15) is 0 Å². The number of likely N-dealkylation sites (N-methyl/N-ethyl adjacent to an activating group) is 1. The van der Waals surface area contributed by atoms with Gasteiger partial charge in [0.15, 0.2) is 0 Å². The predicted octanol–water partition coefficient (Wildman–Crippen LogP) is 3.21. The number of nitrogens with zero attached hydrogens (tertiary/aromatic N) is 1. The van der Waals surface area contributed by atoms with Gasteiger partial charge < -0.3 is 10.5 Å². The average molecular weight is 264 g/mol. The number of benzene rings is 1. The smallest absolute Gasteiger partial charge is 0.119 e. The maximum Gasteiger partial charge on any atom is 0.119 e. The summed E-state index contributed by atoms with van der Waals surface area (Å²) in [6, 6.07) is 8.60. The second-order valence-electron chi connectivity index (χ2n) is 5.01. The Morgan fingerprint density at radius 2 is 2.05 bits per heavy atom. The minimum absolute atomic E-state index is 0.275. The second kappa shape index (κ2) is 8.94. The van der Waals surface area contributed by atoms with Gasteiger partial charge in [0.05, 0.1) is 6.61 Å². The zero-order valence-electron chi connectivity index (χ0n) is 12.6. The summed E-state index contributed by atoms with van der Waals surface area (Å²) in [5, 5.41) is 0. The molecule has 0 saturated heterocycles. The van der Waals surface area contributed by atoms with Crippen LogP contribution < -0.4 is 10.5 Å². The average Bonchev–Trinajstić information content (AvgIpc) is 2.44. The second-order valence-corrected chi connectivity index (χ2v) is 5.01. The normalized spacial score (nSPS) is 12.7. The van der Waals surface area contributed by atoms with Crippen molar-refractivity contribution >= 4 is 0 Å². The lowest BCUT2D eigenvalue weighted by molar-refractivity contribution is 0.245. The van der Waals surface area contributed by atoms with Crippen LogP contribution in [0.5, 0.6) is 5.75 Å². The van der Waals surface area contributed by atoms with Gasteiger partial charge in [0, 0.05) is 12.6 Å². The van der Waals surface area contributed by atoms with Crippen molar-refractivity contribution in [1.82, 2.24) is 4.90 Å². The number of hydrogen-bond donors (Lipinski definition) is 1. The van der Waals surface area contributed by atoms with Gasteiger partial charge in [-0.15, -0.1) is 0 Å². The molecule has 1 atom stereocenters. The fraction of sp³-hybridized carbons (Fsp3) is 0.625. The van der Waals surface area contributed by atoms with E-state index in [1.807, 2.05) is 6.07 Å². The molecule has 0 amide bonds. The van der Waals surface area contributed by atoms with Crippen LogP contribution in [0.25, 0.3) is 0 Å². The largest absolute Gasteiger partial charge is 0.494 e. The van der Waals surface area contributed by atoms with E-state index in [4.69, 9.17) is 10.5 Å². The van der Waals surface area contributed by atoms with Gasteiger partial charge in [0.25, 0.3) is 0 Å². The molecule has 0 spiro atoms. The maximum absolute atomic E-state index is 5.95. The Bertz CT molecular complexity index is 354. The standard InChI is InChI=1S/C16H28N2O/c1-4-6-10-18(3)16(13-17)14-8-7-9-15(12-14)19-11-5-2/h7-9,12,16H,4-6,10-11,13,17H2,1-3H3. The van der Waals surface area contributed by atoms with Gasteiger partial charge in [-0.3, -0.25) is 4.90 Å². The van der Waals surface area contributed by atoms with E-state index in [0.717, 1.165) is 25.3 Å². The third-order valence-electron chi connectivity index (χ3n) is 3.34. The summed E-state index contributed by atoms with van der Waals surface area (Å²) in [6.07, 6.45) is 3.45. The molecule has 1 rings (SSSR count). The maximum atomic E-state index is 5.95. The van der Waals surface area contributed by atoms with Crippen LogP contribution in [0, 0.1) is 0 Å². The first-order chi connectivity index (χ1) is 9.22. The van der Waals surface area contributed by atoms with Crippen molar-refractivity contribution in [2.45, 2.75) is 39.2 Å². The van der Waals surface area contributed by atoms with Crippen molar-refractivity contribution in [3.8, 4) is 5.75 Å². The molecule has 3 heteroatoms. The molecule has 0 saturated carbocycles. The quantitative estimate of drug-likeness (QED) is 0.744. The Balaban J connectivity index is 2.73. The van der Waals surface area contributed by atoms with Crippen LogP contribution in [0.2, 0.25) is 0 Å². The van der Waals surface area contributed by atoms with Crippen molar-refractivity contribution in [3.05, 3.63) is 29.8 Å². The lowest BCUT2D eigenvalue weighted by Crippen LogP contribution is -2.31. The predicted molar refractivity (Wildman–Crippen MR) is 81.6 cm³/mol. The first-order valence-corrected chi connectivity index (χ1v) is 7.36. The van der Waals surface area contributed by atoms with Crippen molar-refractivity contribution in [2.24, 2.45) is 5.73 Å². The third-order valence-corrected chi connectivity index (χ3v) is 3.34. The summed E-state index contributed by atoms with van der Waals surface area (Å²) in [5.74, 6) is 0.946. The van der Waals surface area contributed by atoms with E-state index < -0.39 is 0 Å². The Morgan fingerprint density at radius 3 is 2.68 bits per heavy atom. The minimum Gasteiger partial charge on any atom is -0.494 e. The van der Waals surface area contributed by atoms with E-state index in [-0.39, 0.29) is 6.04 Å². The molecule has 0 aliphatic heterocycles. The van der Waals surface area contributed by atoms with E-state index in [1.165, 1.54) is 18.4 Å². The van der Waals surface area contributed by atoms with E-state index >= 15 is 0 Å². The fourth-order valence-corrected chi connectivity index (χ4v) is 2.17. The molecule has 0 heterocycles. The fourth-order valence-electron chi connectivity index (χ4n) is 2.17. The molecule has 0 fully saturated rings. The molecular weight excluding hydrogens is 236 g/mol. The number of unbranched alkanes of at least 4 members (excludes halogenated alkanes) is 1. The molecular formula is C16H28N2O. The molecule has 0 aromatic heterocycles. The van der Waals surface area contributed by atoms with Crippen LogP contribution in [0.3, 0.4) is 0 Å². The van der Waals surface area contributed by atoms with Gasteiger partial charge in [-0.25, -0.2) is 0 Å². The molecule has 1 aromatic carbocycles. The first-order valence-electron chi connectivity index (χ1n) is 7.36. The summed E-state index contributed by atoms with van der Waals surface area (Å²) in [4.78, 5) is 2.34. The highest BCUT2D eigenvalue weighted by Crippen LogP contribution is 2.23. The van der Waals surface area contributed by atoms with Crippen LogP contribution >= 0.6 is 0 Å². The zero-order valence-corrected chi connectivity index (χ0v) is 12.6. The van der Waals surface area contributed by atoms with Gasteiger partial charge in [0.1, 0.15) is 5.75 Å². The molecule has 108 valence electrons. The van der Waals surface area contributed by atoms with Crippen LogP contribution in [0.15, 0.2) is 24.3 Å². The summed E-state index contributed by atoms with van der Waals surface area (Å²) in [7, 11) is 2.15. The van der Waals surface area contributed by atoms with Crippen molar-refractivity contribution in [2.75, 3.05) is 26.7 Å². The van der Waals surface area contributed by atoms with Crippen molar-refractivity contribution in [3.63, 3.8) is 0 Å². The van der Waals surface area contributed by atoms with Gasteiger partial charge in [0.2, 0.25) is 0 Å². The third kappa shape index (κ3) is 5.21. The van der Waals surface area contributed by atoms with Crippen LogP contribution in [-0.4, -0.2) is 31.6 Å². The molecule has 0 aliphatic carbocycles. The van der Waals surface area contributed by atoms with E-state index in [2.05, 4.69) is 44.0 Å². The van der Waals surface area contributed by atoms with E-state index in [1.54, 1.807) is 0 Å². The molecule has 3 nitrogen and oxygen atoms in total. The van der Waals surface area contributed by atoms with Gasteiger partial charge >= 0.3 is 0 Å². The Kier molecular flexibility index (Phi) is 7.53. The number of nitrogens with two attached hydrogens (primary N) is 1. The topological polar surface area (TPSA) is 38.5 Å². The van der Waals surface area contributed by atoms with Crippen LogP contribution in [0.1, 0.15) is 44.7 Å².